The van der Waals surface area contributed by atoms with Crippen molar-refractivity contribution in [3.8, 4) is 0 Å². The van der Waals surface area contributed by atoms with Crippen LogP contribution in [0.4, 0.5) is 23.5 Å². The number of aryl methyl sites for hydroxylation is 3. The second-order valence-electron chi connectivity index (χ2n) is 8.00. The lowest BCUT2D eigenvalue weighted by Gasteiger charge is -2.26. The van der Waals surface area contributed by atoms with E-state index in [1.165, 1.54) is 23.1 Å². The number of para-hydroxylation sites is 1. The lowest BCUT2D eigenvalue weighted by molar-refractivity contribution is 0.568. The van der Waals surface area contributed by atoms with Crippen molar-refractivity contribution in [1.82, 2.24) is 15.0 Å². The second-order valence-corrected chi connectivity index (χ2v) is 8.00. The first-order valence-corrected chi connectivity index (χ1v) is 10.8. The molecule has 2 N–H and O–H groups in total. The van der Waals surface area contributed by atoms with Gasteiger partial charge in [-0.3, -0.25) is 0 Å². The number of hydrogen-bond donors (Lipinski definition) is 2. The van der Waals surface area contributed by atoms with E-state index >= 15 is 0 Å². The number of rotatable bonds is 6. The van der Waals surface area contributed by atoms with Crippen molar-refractivity contribution in [2.45, 2.75) is 40.0 Å². The van der Waals surface area contributed by atoms with Crippen molar-refractivity contribution in [2.75, 3.05) is 28.7 Å². The molecule has 1 fully saturated rings. The van der Waals surface area contributed by atoms with E-state index in [0.29, 0.717) is 17.8 Å². The van der Waals surface area contributed by atoms with Crippen LogP contribution in [0.25, 0.3) is 0 Å². The maximum Gasteiger partial charge on any atom is 0.250 e. The van der Waals surface area contributed by atoms with Gasteiger partial charge in [0.1, 0.15) is 0 Å². The molecule has 0 amide bonds. The number of aromatic nitrogens is 3. The topological polar surface area (TPSA) is 78.3 Å². The van der Waals surface area contributed by atoms with E-state index in [0.717, 1.165) is 37.2 Å². The number of benzene rings is 2. The molecule has 0 atom stereocenters. The molecule has 31 heavy (non-hydrogen) atoms. The van der Waals surface area contributed by atoms with Crippen LogP contribution in [0.3, 0.4) is 0 Å². The Morgan fingerprint density at radius 3 is 2.26 bits per heavy atom. The third-order valence-electron chi connectivity index (χ3n) is 5.39. The normalized spacial score (nSPS) is 14.1. The summed E-state index contributed by atoms with van der Waals surface area (Å²) < 4.78 is 0. The molecule has 7 heteroatoms. The predicted molar refractivity (Wildman–Crippen MR) is 127 cm³/mol. The lowest BCUT2D eigenvalue weighted by atomic mass is 10.0. The highest BCUT2D eigenvalue weighted by Gasteiger charge is 2.16. The van der Waals surface area contributed by atoms with E-state index in [1.54, 1.807) is 0 Å². The van der Waals surface area contributed by atoms with E-state index in [2.05, 4.69) is 68.6 Å². The minimum absolute atomic E-state index is 0.424. The maximum absolute atomic E-state index is 4.66. The summed E-state index contributed by atoms with van der Waals surface area (Å²) in [5.41, 5.74) is 8.68. The molecule has 0 spiro atoms. The van der Waals surface area contributed by atoms with Gasteiger partial charge in [-0.15, -0.1) is 0 Å². The maximum atomic E-state index is 4.66. The fourth-order valence-electron chi connectivity index (χ4n) is 3.91. The van der Waals surface area contributed by atoms with E-state index in [4.69, 9.17) is 0 Å². The average Bonchev–Trinajstić information content (AvgIpc) is 2.77. The molecule has 0 aliphatic carbocycles. The summed E-state index contributed by atoms with van der Waals surface area (Å²) in [4.78, 5) is 16.0. The zero-order valence-corrected chi connectivity index (χ0v) is 18.4. The van der Waals surface area contributed by atoms with Gasteiger partial charge in [-0.25, -0.2) is 5.43 Å². The summed E-state index contributed by atoms with van der Waals surface area (Å²) in [6.07, 6.45) is 5.39. The minimum Gasteiger partial charge on any atom is -0.341 e. The van der Waals surface area contributed by atoms with Crippen LogP contribution >= 0.6 is 0 Å². The summed E-state index contributed by atoms with van der Waals surface area (Å²) in [6.45, 7) is 8.22. The van der Waals surface area contributed by atoms with Crippen LogP contribution in [0.1, 0.15) is 41.5 Å². The van der Waals surface area contributed by atoms with Gasteiger partial charge in [0.15, 0.2) is 0 Å². The van der Waals surface area contributed by atoms with Crippen LogP contribution in [0, 0.1) is 20.8 Å². The first-order chi connectivity index (χ1) is 15.1. The van der Waals surface area contributed by atoms with Gasteiger partial charge in [-0.1, -0.05) is 35.9 Å². The fraction of sp³-hybridized carbons (Fsp3) is 0.333. The molecular weight excluding hydrogens is 386 g/mol. The molecule has 0 saturated carbocycles. The minimum atomic E-state index is 0.424. The van der Waals surface area contributed by atoms with Gasteiger partial charge in [0.2, 0.25) is 17.8 Å². The Morgan fingerprint density at radius 1 is 0.871 bits per heavy atom. The van der Waals surface area contributed by atoms with Crippen LogP contribution in [-0.2, 0) is 0 Å². The van der Waals surface area contributed by atoms with E-state index in [9.17, 15) is 0 Å². The Hall–Kier alpha value is -3.48. The van der Waals surface area contributed by atoms with Crippen molar-refractivity contribution in [1.29, 1.82) is 0 Å². The van der Waals surface area contributed by atoms with Crippen LogP contribution in [0.15, 0.2) is 47.6 Å². The molecule has 160 valence electrons. The summed E-state index contributed by atoms with van der Waals surface area (Å²) in [5, 5.41) is 7.70. The molecule has 0 bridgehead atoms. The molecule has 1 aliphatic rings. The number of anilines is 4. The summed E-state index contributed by atoms with van der Waals surface area (Å²) in [7, 11) is 0. The Labute approximate surface area is 183 Å². The van der Waals surface area contributed by atoms with Gasteiger partial charge in [0, 0.05) is 24.3 Å². The smallest absolute Gasteiger partial charge is 0.250 e. The van der Waals surface area contributed by atoms with Crippen LogP contribution < -0.4 is 15.6 Å². The molecule has 1 saturated heterocycles. The zero-order chi connectivity index (χ0) is 21.6. The number of nitrogens with zero attached hydrogens (tertiary/aromatic N) is 5. The van der Waals surface area contributed by atoms with E-state index < -0.39 is 0 Å². The highest BCUT2D eigenvalue weighted by molar-refractivity contribution is 5.84. The van der Waals surface area contributed by atoms with Gasteiger partial charge in [0.05, 0.1) is 6.21 Å². The summed E-state index contributed by atoms with van der Waals surface area (Å²) in [5.74, 6) is 1.60. The monoisotopic (exact) mass is 415 g/mol. The number of nitrogens with one attached hydrogen (secondary N) is 2. The van der Waals surface area contributed by atoms with Crippen LogP contribution in [-0.4, -0.2) is 34.3 Å². The third-order valence-corrected chi connectivity index (χ3v) is 5.39. The number of hydrazone groups is 1. The first kappa shape index (κ1) is 20.8. The highest BCUT2D eigenvalue weighted by atomic mass is 15.4. The average molecular weight is 416 g/mol. The first-order valence-electron chi connectivity index (χ1n) is 10.8. The van der Waals surface area contributed by atoms with Crippen molar-refractivity contribution < 1.29 is 0 Å². The van der Waals surface area contributed by atoms with Gasteiger partial charge >= 0.3 is 0 Å². The molecule has 1 aromatic heterocycles. The van der Waals surface area contributed by atoms with E-state index in [1.807, 2.05) is 36.5 Å². The molecule has 7 nitrogen and oxygen atoms in total. The predicted octanol–water partition coefficient (Wildman–Crippen LogP) is 4.98. The molecule has 4 rings (SSSR count). The second kappa shape index (κ2) is 9.55. The number of piperidine rings is 1. The number of hydrogen-bond acceptors (Lipinski definition) is 7. The van der Waals surface area contributed by atoms with Crippen molar-refractivity contribution >= 4 is 29.7 Å². The molecule has 2 aromatic carbocycles. The van der Waals surface area contributed by atoms with Gasteiger partial charge in [0.25, 0.3) is 0 Å². The van der Waals surface area contributed by atoms with Gasteiger partial charge < -0.3 is 10.2 Å². The lowest BCUT2D eigenvalue weighted by Crippen LogP contribution is -2.31. The zero-order valence-electron chi connectivity index (χ0n) is 18.4. The SMILES string of the molecule is Cc1cc(C)c(/C=N\Nc2nc(Nc3ccccc3)nc(N3CCCCC3)n2)c(C)c1. The molecule has 1 aliphatic heterocycles. The fourth-order valence-corrected chi connectivity index (χ4v) is 3.91. The van der Waals surface area contributed by atoms with Crippen LogP contribution in [0.2, 0.25) is 0 Å². The third kappa shape index (κ3) is 5.36. The summed E-state index contributed by atoms with van der Waals surface area (Å²) in [6, 6.07) is 14.2. The standard InChI is InChI=1S/C24H29N7/c1-17-14-18(2)21(19(3)15-17)16-25-30-23-27-22(26-20-10-6-4-7-11-20)28-24(29-23)31-12-8-5-9-13-31/h4,6-7,10-11,14-16H,5,8-9,12-13H2,1-3H3,(H2,26,27,28,29,30)/b25-16-. The van der Waals surface area contributed by atoms with Gasteiger partial charge in [-0.2, -0.15) is 20.1 Å². The molecule has 2 heterocycles. The molecule has 0 unspecified atom stereocenters. The molecule has 0 radical (unpaired) electrons. The highest BCUT2D eigenvalue weighted by Crippen LogP contribution is 2.21. The van der Waals surface area contributed by atoms with Crippen LogP contribution in [0.5, 0.6) is 0 Å². The molecule has 3 aromatic rings. The Bertz CT molecular complexity index is 1030. The van der Waals surface area contributed by atoms with Crippen molar-refractivity contribution in [3.05, 3.63) is 64.7 Å². The Balaban J connectivity index is 1.59. The van der Waals surface area contributed by atoms with Crippen molar-refractivity contribution in [3.63, 3.8) is 0 Å². The van der Waals surface area contributed by atoms with E-state index in [-0.39, 0.29) is 0 Å². The van der Waals surface area contributed by atoms with Gasteiger partial charge in [-0.05, 0) is 63.3 Å². The van der Waals surface area contributed by atoms with Crippen molar-refractivity contribution in [2.24, 2.45) is 5.10 Å². The Morgan fingerprint density at radius 2 is 1.55 bits per heavy atom. The molecular formula is C24H29N7. The Kier molecular flexibility index (Phi) is 6.40. The summed E-state index contributed by atoms with van der Waals surface area (Å²) >= 11 is 0. The largest absolute Gasteiger partial charge is 0.341 e. The quantitative estimate of drug-likeness (QED) is 0.437.